The number of aromatic nitrogens is 2. The van der Waals surface area contributed by atoms with E-state index in [2.05, 4.69) is 9.84 Å². The van der Waals surface area contributed by atoms with Crippen molar-refractivity contribution in [1.82, 2.24) is 9.78 Å². The molecule has 0 saturated carbocycles. The Bertz CT molecular complexity index is 610. The second-order valence-electron chi connectivity index (χ2n) is 4.86. The van der Waals surface area contributed by atoms with Gasteiger partial charge in [-0.05, 0) is 13.3 Å². The Morgan fingerprint density at radius 2 is 2.05 bits per heavy atom. The highest BCUT2D eigenvalue weighted by Gasteiger charge is 2.26. The minimum absolute atomic E-state index is 0.228. The lowest BCUT2D eigenvalue weighted by atomic mass is 10.2. The highest BCUT2D eigenvalue weighted by Crippen LogP contribution is 2.24. The van der Waals surface area contributed by atoms with Crippen molar-refractivity contribution in [1.29, 1.82) is 0 Å². The first-order valence-electron chi connectivity index (χ1n) is 6.78. The Morgan fingerprint density at radius 1 is 1.43 bits per heavy atom. The fourth-order valence-electron chi connectivity index (χ4n) is 2.07. The van der Waals surface area contributed by atoms with Gasteiger partial charge in [0.25, 0.3) is 0 Å². The molecule has 1 unspecified atom stereocenters. The first kappa shape index (κ1) is 18.0. The molecule has 0 amide bonds. The molecule has 0 fully saturated rings. The van der Waals surface area contributed by atoms with Crippen LogP contribution in [0.2, 0.25) is 5.02 Å². The van der Waals surface area contributed by atoms with Crippen molar-refractivity contribution in [3.8, 4) is 0 Å². The molecular weight excluding hydrogens is 316 g/mol. The van der Waals surface area contributed by atoms with Crippen LogP contribution in [0.15, 0.2) is 0 Å². The number of nitrogens with zero attached hydrogens (tertiary/aromatic N) is 2. The minimum atomic E-state index is -3.49. The van der Waals surface area contributed by atoms with Gasteiger partial charge in [-0.2, -0.15) is 5.10 Å². The maximum absolute atomic E-state index is 12.2. The lowest BCUT2D eigenvalue weighted by Crippen LogP contribution is -2.24. The molecule has 0 N–H and O–H groups in total. The second-order valence-corrected chi connectivity index (χ2v) is 7.34. The van der Waals surface area contributed by atoms with Crippen molar-refractivity contribution in [2.24, 2.45) is 5.92 Å². The Morgan fingerprint density at radius 3 is 2.52 bits per heavy atom. The van der Waals surface area contributed by atoms with Gasteiger partial charge in [-0.1, -0.05) is 25.4 Å². The third-order valence-corrected chi connectivity index (χ3v) is 5.32. The summed E-state index contributed by atoms with van der Waals surface area (Å²) < 4.78 is 30.6. The van der Waals surface area contributed by atoms with E-state index in [4.69, 9.17) is 11.6 Å². The summed E-state index contributed by atoms with van der Waals surface area (Å²) >= 11 is 6.20. The van der Waals surface area contributed by atoms with Gasteiger partial charge in [0, 0.05) is 6.54 Å². The van der Waals surface area contributed by atoms with E-state index in [1.807, 2.05) is 13.8 Å². The molecular formula is C13H21ClN2O4S. The largest absolute Gasteiger partial charge is 0.469 e. The zero-order valence-electron chi connectivity index (χ0n) is 12.7. The molecule has 6 nitrogen and oxygen atoms in total. The van der Waals surface area contributed by atoms with Crippen LogP contribution in [-0.2, 0) is 38.1 Å². The standard InChI is InChI=1S/C13H21ClN2O4S/c1-5-10-12(14)11(16(6-2)15-10)8-21(18,19)7-9(3)13(17)20-4/h9H,5-8H2,1-4H3. The van der Waals surface area contributed by atoms with Crippen LogP contribution in [0, 0.1) is 5.92 Å². The SMILES string of the molecule is CCc1nn(CC)c(CS(=O)(=O)CC(C)C(=O)OC)c1Cl. The van der Waals surface area contributed by atoms with Crippen LogP contribution in [0.25, 0.3) is 0 Å². The predicted molar refractivity (Wildman–Crippen MR) is 81.0 cm³/mol. The Kier molecular flexibility index (Phi) is 6.22. The normalized spacial score (nSPS) is 13.2. The minimum Gasteiger partial charge on any atom is -0.469 e. The summed E-state index contributed by atoms with van der Waals surface area (Å²) in [5, 5.41) is 4.69. The van der Waals surface area contributed by atoms with Crippen molar-refractivity contribution < 1.29 is 17.9 Å². The van der Waals surface area contributed by atoms with Gasteiger partial charge in [-0.15, -0.1) is 0 Å². The number of aryl methyl sites for hydroxylation is 2. The smallest absolute Gasteiger partial charge is 0.309 e. The summed E-state index contributed by atoms with van der Waals surface area (Å²) in [6.45, 7) is 5.85. The number of hydrogen-bond donors (Lipinski definition) is 0. The Hall–Kier alpha value is -1.08. The molecule has 1 rings (SSSR count). The van der Waals surface area contributed by atoms with Crippen molar-refractivity contribution in [3.05, 3.63) is 16.4 Å². The van der Waals surface area contributed by atoms with Gasteiger partial charge in [0.2, 0.25) is 0 Å². The predicted octanol–water partition coefficient (Wildman–Crippen LogP) is 1.84. The van der Waals surface area contributed by atoms with Gasteiger partial charge in [0.15, 0.2) is 9.84 Å². The van der Waals surface area contributed by atoms with Crippen molar-refractivity contribution in [2.75, 3.05) is 12.9 Å². The molecule has 0 saturated heterocycles. The molecule has 0 aromatic carbocycles. The molecule has 0 aliphatic carbocycles. The quantitative estimate of drug-likeness (QED) is 0.710. The summed E-state index contributed by atoms with van der Waals surface area (Å²) in [7, 11) is -2.25. The fourth-order valence-corrected chi connectivity index (χ4v) is 4.21. The van der Waals surface area contributed by atoms with Crippen molar-refractivity contribution >= 4 is 27.4 Å². The second kappa shape index (κ2) is 7.26. The first-order chi connectivity index (χ1) is 9.75. The molecule has 0 bridgehead atoms. The van der Waals surface area contributed by atoms with Crippen LogP contribution in [0.5, 0.6) is 0 Å². The molecule has 8 heteroatoms. The topological polar surface area (TPSA) is 78.3 Å². The number of halogens is 1. The van der Waals surface area contributed by atoms with E-state index in [1.165, 1.54) is 14.0 Å². The zero-order chi connectivity index (χ0) is 16.2. The molecule has 0 spiro atoms. The monoisotopic (exact) mass is 336 g/mol. The average Bonchev–Trinajstić information content (AvgIpc) is 2.73. The third-order valence-electron chi connectivity index (χ3n) is 3.16. The van der Waals surface area contributed by atoms with E-state index >= 15 is 0 Å². The summed E-state index contributed by atoms with van der Waals surface area (Å²) in [4.78, 5) is 11.4. The molecule has 21 heavy (non-hydrogen) atoms. The molecule has 1 heterocycles. The fraction of sp³-hybridized carbons (Fsp3) is 0.692. The zero-order valence-corrected chi connectivity index (χ0v) is 14.3. The van der Waals surface area contributed by atoms with Crippen molar-refractivity contribution in [2.45, 2.75) is 39.5 Å². The van der Waals surface area contributed by atoms with Gasteiger partial charge in [-0.3, -0.25) is 9.48 Å². The van der Waals surface area contributed by atoms with Gasteiger partial charge >= 0.3 is 5.97 Å². The molecule has 1 aromatic rings. The Labute approximate surface area is 130 Å². The first-order valence-corrected chi connectivity index (χ1v) is 8.97. The molecule has 1 aromatic heterocycles. The lowest BCUT2D eigenvalue weighted by Gasteiger charge is -2.11. The molecule has 0 radical (unpaired) electrons. The molecule has 0 aliphatic heterocycles. The number of ether oxygens (including phenoxy) is 1. The van der Waals surface area contributed by atoms with Gasteiger partial charge < -0.3 is 4.74 Å². The van der Waals surface area contributed by atoms with E-state index in [0.717, 1.165) is 0 Å². The van der Waals surface area contributed by atoms with Crippen LogP contribution in [0.3, 0.4) is 0 Å². The maximum Gasteiger partial charge on any atom is 0.309 e. The third kappa shape index (κ3) is 4.44. The van der Waals surface area contributed by atoms with Gasteiger partial charge in [0.1, 0.15) is 0 Å². The number of carbonyl (C=O) groups is 1. The van der Waals surface area contributed by atoms with E-state index in [-0.39, 0.29) is 11.5 Å². The number of hydrogen-bond acceptors (Lipinski definition) is 5. The number of sulfone groups is 1. The number of carbonyl (C=O) groups excluding carboxylic acids is 1. The number of esters is 1. The van der Waals surface area contributed by atoms with E-state index in [0.29, 0.717) is 29.4 Å². The summed E-state index contributed by atoms with van der Waals surface area (Å²) in [6.07, 6.45) is 0.636. The highest BCUT2D eigenvalue weighted by atomic mass is 35.5. The highest BCUT2D eigenvalue weighted by molar-refractivity contribution is 7.90. The van der Waals surface area contributed by atoms with E-state index in [1.54, 1.807) is 4.68 Å². The summed E-state index contributed by atoms with van der Waals surface area (Å²) in [5.74, 6) is -1.74. The molecule has 120 valence electrons. The summed E-state index contributed by atoms with van der Waals surface area (Å²) in [6, 6.07) is 0. The number of rotatable bonds is 7. The average molecular weight is 337 g/mol. The Balaban J connectivity index is 2.99. The lowest BCUT2D eigenvalue weighted by molar-refractivity contribution is -0.144. The number of methoxy groups -OCH3 is 1. The van der Waals surface area contributed by atoms with Crippen LogP contribution >= 0.6 is 11.6 Å². The molecule has 0 aliphatic rings. The van der Waals surface area contributed by atoms with Gasteiger partial charge in [0.05, 0.1) is 40.9 Å². The van der Waals surface area contributed by atoms with Crippen LogP contribution in [-0.4, -0.2) is 37.0 Å². The van der Waals surface area contributed by atoms with Gasteiger partial charge in [-0.25, -0.2) is 8.42 Å². The summed E-state index contributed by atoms with van der Waals surface area (Å²) in [5.41, 5.74) is 1.16. The molecule has 1 atom stereocenters. The van der Waals surface area contributed by atoms with Crippen LogP contribution in [0.1, 0.15) is 32.2 Å². The van der Waals surface area contributed by atoms with Crippen LogP contribution in [0.4, 0.5) is 0 Å². The maximum atomic E-state index is 12.2. The van der Waals surface area contributed by atoms with E-state index < -0.39 is 21.7 Å². The van der Waals surface area contributed by atoms with E-state index in [9.17, 15) is 13.2 Å². The van der Waals surface area contributed by atoms with Crippen LogP contribution < -0.4 is 0 Å². The van der Waals surface area contributed by atoms with Crippen molar-refractivity contribution in [3.63, 3.8) is 0 Å².